The molecule has 0 saturated heterocycles. The standard InChI is InChI=1S/C12H30BO2P3S/c1-10(2,3)16-14-13(15-17-11(4,5)6)19-18-12(7,8)9/h16-18H,1-9H3. The van der Waals surface area contributed by atoms with Crippen LogP contribution in [0.15, 0.2) is 0 Å². The second-order valence-corrected chi connectivity index (χ2v) is 15.2. The van der Waals surface area contributed by atoms with Gasteiger partial charge in [-0.25, -0.2) is 0 Å². The molecule has 0 spiro atoms. The van der Waals surface area contributed by atoms with Gasteiger partial charge in [0.1, 0.15) is 0 Å². The SMILES string of the molecule is CC(C)(C)POB(OPC(C)(C)C)SPC(C)(C)C. The zero-order chi connectivity index (χ0) is 15.3. The minimum Gasteiger partial charge on any atom is -0.381 e. The Morgan fingerprint density at radius 3 is 1.32 bits per heavy atom. The van der Waals surface area contributed by atoms with Gasteiger partial charge < -0.3 is 8.88 Å². The molecule has 2 nitrogen and oxygen atoms in total. The number of rotatable bonds is 6. The van der Waals surface area contributed by atoms with E-state index in [0.717, 1.165) is 7.78 Å². The lowest BCUT2D eigenvalue weighted by atomic mass is 10.3. The van der Waals surface area contributed by atoms with Crippen molar-refractivity contribution < 1.29 is 8.88 Å². The summed E-state index contributed by atoms with van der Waals surface area (Å²) in [5.74, 6) is 0. The van der Waals surface area contributed by atoms with Crippen molar-refractivity contribution in [3.8, 4) is 0 Å². The second kappa shape index (κ2) is 8.31. The minimum atomic E-state index is -0.118. The Morgan fingerprint density at radius 1 is 0.684 bits per heavy atom. The van der Waals surface area contributed by atoms with Crippen LogP contribution < -0.4 is 0 Å². The molecule has 0 fully saturated rings. The maximum Gasteiger partial charge on any atom is 0.541 e. The molecule has 0 aromatic heterocycles. The molecule has 0 rings (SSSR count). The van der Waals surface area contributed by atoms with Crippen molar-refractivity contribution in [3.05, 3.63) is 0 Å². The maximum absolute atomic E-state index is 5.98. The zero-order valence-electron chi connectivity index (χ0n) is 13.8. The first kappa shape index (κ1) is 20.6. The van der Waals surface area contributed by atoms with E-state index in [4.69, 9.17) is 8.88 Å². The van der Waals surface area contributed by atoms with Crippen LogP contribution in [0.5, 0.6) is 0 Å². The third-order valence-electron chi connectivity index (χ3n) is 1.38. The molecule has 0 heterocycles. The van der Waals surface area contributed by atoms with Gasteiger partial charge in [-0.15, -0.1) is 11.2 Å². The summed E-state index contributed by atoms with van der Waals surface area (Å²) in [6, 6.07) is 0. The molecule has 0 amide bonds. The summed E-state index contributed by atoms with van der Waals surface area (Å²) in [4.78, 5) is 0. The lowest BCUT2D eigenvalue weighted by Crippen LogP contribution is -2.18. The molecule has 0 aliphatic heterocycles. The maximum atomic E-state index is 5.98. The van der Waals surface area contributed by atoms with Crippen LogP contribution in [-0.2, 0) is 8.88 Å². The average Bonchev–Trinajstić information content (AvgIpc) is 2.11. The predicted molar refractivity (Wildman–Crippen MR) is 99.7 cm³/mol. The van der Waals surface area contributed by atoms with Crippen molar-refractivity contribution in [2.45, 2.75) is 77.8 Å². The van der Waals surface area contributed by atoms with E-state index < -0.39 is 0 Å². The van der Waals surface area contributed by atoms with Crippen molar-refractivity contribution >= 4 is 43.0 Å². The van der Waals surface area contributed by atoms with Gasteiger partial charge in [0.15, 0.2) is 0 Å². The van der Waals surface area contributed by atoms with Crippen LogP contribution in [0.4, 0.5) is 0 Å². The lowest BCUT2D eigenvalue weighted by Gasteiger charge is -2.26. The molecule has 3 unspecified atom stereocenters. The van der Waals surface area contributed by atoms with E-state index in [9.17, 15) is 0 Å². The summed E-state index contributed by atoms with van der Waals surface area (Å²) in [7, 11) is 1.73. The summed E-state index contributed by atoms with van der Waals surface area (Å²) in [5, 5.41) is 0.737. The monoisotopic (exact) mass is 342 g/mol. The van der Waals surface area contributed by atoms with Crippen molar-refractivity contribution in [2.24, 2.45) is 0 Å². The van der Waals surface area contributed by atoms with Crippen LogP contribution in [0.1, 0.15) is 62.3 Å². The van der Waals surface area contributed by atoms with Gasteiger partial charge in [0.2, 0.25) is 0 Å². The Morgan fingerprint density at radius 2 is 1.05 bits per heavy atom. The smallest absolute Gasteiger partial charge is 0.381 e. The Balaban J connectivity index is 4.30. The molecule has 114 valence electrons. The Labute approximate surface area is 130 Å². The van der Waals surface area contributed by atoms with Crippen molar-refractivity contribution in [1.29, 1.82) is 0 Å². The highest BCUT2D eigenvalue weighted by Gasteiger charge is 2.27. The highest BCUT2D eigenvalue weighted by molar-refractivity contribution is 8.63. The van der Waals surface area contributed by atoms with E-state index >= 15 is 0 Å². The fourth-order valence-corrected chi connectivity index (χ4v) is 5.18. The summed E-state index contributed by atoms with van der Waals surface area (Å²) >= 11 is 1.81. The third kappa shape index (κ3) is 15.8. The third-order valence-corrected chi connectivity index (χ3v) is 7.50. The van der Waals surface area contributed by atoms with Gasteiger partial charge >= 0.3 is 6.40 Å². The van der Waals surface area contributed by atoms with Gasteiger partial charge in [0, 0.05) is 27.9 Å². The van der Waals surface area contributed by atoms with Gasteiger partial charge in [0.05, 0.1) is 0 Å². The van der Waals surface area contributed by atoms with Crippen LogP contribution in [0.25, 0.3) is 0 Å². The molecule has 3 atom stereocenters. The van der Waals surface area contributed by atoms with E-state index in [1.54, 1.807) is 0 Å². The highest BCUT2D eigenvalue weighted by Crippen LogP contribution is 2.48. The van der Waals surface area contributed by atoms with E-state index in [1.165, 1.54) is 0 Å². The Bertz CT molecular complexity index is 216. The molecule has 0 aromatic rings. The first-order chi connectivity index (χ1) is 8.29. The van der Waals surface area contributed by atoms with Crippen LogP contribution in [0.3, 0.4) is 0 Å². The van der Waals surface area contributed by atoms with Crippen molar-refractivity contribution in [1.82, 2.24) is 0 Å². The summed E-state index contributed by atoms with van der Waals surface area (Å²) < 4.78 is 12.0. The van der Waals surface area contributed by atoms with E-state index in [2.05, 4.69) is 62.3 Å². The van der Waals surface area contributed by atoms with Crippen molar-refractivity contribution in [3.63, 3.8) is 0 Å². The molecular formula is C12H30BO2P3S. The van der Waals surface area contributed by atoms with E-state index in [-0.39, 0.29) is 16.7 Å². The first-order valence-electron chi connectivity index (χ1n) is 6.57. The fourth-order valence-electron chi connectivity index (χ4n) is 0.747. The quantitative estimate of drug-likeness (QED) is 0.441. The molecule has 0 N–H and O–H groups in total. The Hall–Kier alpha value is 1.62. The van der Waals surface area contributed by atoms with Gasteiger partial charge in [-0.2, -0.15) is 0 Å². The number of hydrogen-bond acceptors (Lipinski definition) is 3. The van der Waals surface area contributed by atoms with Crippen LogP contribution >= 0.6 is 36.6 Å². The fraction of sp³-hybridized carbons (Fsp3) is 1.00. The minimum absolute atomic E-state index is 0.118. The molecule has 0 aromatic carbocycles. The molecule has 0 aliphatic carbocycles. The van der Waals surface area contributed by atoms with E-state index in [0.29, 0.717) is 22.8 Å². The highest BCUT2D eigenvalue weighted by atomic mass is 32.7. The average molecular weight is 342 g/mol. The topological polar surface area (TPSA) is 18.5 Å². The molecule has 0 aliphatic rings. The van der Waals surface area contributed by atoms with Crippen LogP contribution in [0, 0.1) is 0 Å². The Kier molecular flexibility index (Phi) is 9.02. The number of hydrogen-bond donors (Lipinski definition) is 0. The molecule has 0 bridgehead atoms. The normalized spacial score (nSPS) is 15.6. The second-order valence-electron chi connectivity index (χ2n) is 7.70. The molecule has 0 radical (unpaired) electrons. The molecular weight excluding hydrogens is 312 g/mol. The first-order valence-corrected chi connectivity index (χ1v) is 11.0. The molecule has 0 saturated carbocycles. The zero-order valence-corrected chi connectivity index (χ0v) is 17.6. The summed E-state index contributed by atoms with van der Waals surface area (Å²) in [6.45, 7) is 20.0. The largest absolute Gasteiger partial charge is 0.541 e. The van der Waals surface area contributed by atoms with Gasteiger partial charge in [0.25, 0.3) is 0 Å². The molecule has 7 heteroatoms. The van der Waals surface area contributed by atoms with Gasteiger partial charge in [-0.3, -0.25) is 0 Å². The summed E-state index contributed by atoms with van der Waals surface area (Å²) in [6.07, 6.45) is -0.118. The lowest BCUT2D eigenvalue weighted by molar-refractivity contribution is 0.497. The summed E-state index contributed by atoms with van der Waals surface area (Å²) in [5.41, 5.74) is 0. The van der Waals surface area contributed by atoms with Gasteiger partial charge in [-0.1, -0.05) is 70.1 Å². The van der Waals surface area contributed by atoms with Crippen LogP contribution in [-0.4, -0.2) is 21.9 Å². The predicted octanol–water partition coefficient (Wildman–Crippen LogP) is 5.91. The van der Waals surface area contributed by atoms with E-state index in [1.807, 2.05) is 11.2 Å². The van der Waals surface area contributed by atoms with Crippen molar-refractivity contribution in [2.75, 3.05) is 0 Å². The van der Waals surface area contributed by atoms with Crippen LogP contribution in [0.2, 0.25) is 0 Å². The van der Waals surface area contributed by atoms with Gasteiger partial charge in [-0.05, 0) is 5.16 Å². The molecule has 19 heavy (non-hydrogen) atoms.